The molecule has 9 heavy (non-hydrogen) atoms. The molecule has 0 aromatic rings. The Morgan fingerprint density at radius 1 is 1.56 bits per heavy atom. The van der Waals surface area contributed by atoms with Gasteiger partial charge in [0.2, 0.25) is 5.78 Å². The summed E-state index contributed by atoms with van der Waals surface area (Å²) in [5.74, 6) is -2.10. The van der Waals surface area contributed by atoms with E-state index in [2.05, 4.69) is 0 Å². The third-order valence-electron chi connectivity index (χ3n) is 1.14. The molecule has 0 amide bonds. The van der Waals surface area contributed by atoms with Crippen LogP contribution in [0.25, 0.3) is 0 Å². The number of aliphatic hydroxyl groups is 2. The largest absolute Gasteiger partial charge is 0.386 e. The van der Waals surface area contributed by atoms with Gasteiger partial charge in [-0.25, -0.2) is 4.39 Å². The molecule has 0 aliphatic heterocycles. The Morgan fingerprint density at radius 2 is 2.11 bits per heavy atom. The molecule has 1 aliphatic rings. The average Bonchev–Trinajstić information content (AvgIpc) is 1.98. The Balaban J connectivity index is 2.82. The van der Waals surface area contributed by atoms with Crippen LogP contribution in [-0.4, -0.2) is 28.2 Å². The van der Waals surface area contributed by atoms with Crippen molar-refractivity contribution in [1.29, 1.82) is 0 Å². The van der Waals surface area contributed by atoms with Gasteiger partial charge in [-0.15, -0.1) is 0 Å². The summed E-state index contributed by atoms with van der Waals surface area (Å²) in [6, 6.07) is 0. The van der Waals surface area contributed by atoms with Gasteiger partial charge in [-0.3, -0.25) is 4.79 Å². The minimum absolute atomic E-state index is 0.688. The third kappa shape index (κ3) is 0.863. The summed E-state index contributed by atoms with van der Waals surface area (Å²) >= 11 is 0. The molecule has 1 rings (SSSR count). The lowest BCUT2D eigenvalue weighted by Gasteiger charge is -2.01. The number of rotatable bonds is 0. The maximum atomic E-state index is 12.0. The van der Waals surface area contributed by atoms with E-state index in [-0.39, 0.29) is 0 Å². The zero-order chi connectivity index (χ0) is 7.02. The fourth-order valence-electron chi connectivity index (χ4n) is 0.620. The summed E-state index contributed by atoms with van der Waals surface area (Å²) in [4.78, 5) is 10.3. The standard InChI is InChI=1S/C5H5FO3/c6-2-1-3(7)5(9)4(2)8/h1,3,5,7,9H. The molecule has 0 heterocycles. The van der Waals surface area contributed by atoms with Crippen molar-refractivity contribution >= 4 is 5.78 Å². The first kappa shape index (κ1) is 6.38. The number of aliphatic hydroxyl groups excluding tert-OH is 2. The zero-order valence-corrected chi connectivity index (χ0v) is 4.41. The van der Waals surface area contributed by atoms with Crippen LogP contribution in [0.3, 0.4) is 0 Å². The Hall–Kier alpha value is -0.740. The molecule has 2 unspecified atom stereocenters. The second kappa shape index (κ2) is 1.89. The predicted molar refractivity (Wildman–Crippen MR) is 26.2 cm³/mol. The molecule has 0 saturated carbocycles. The molecular formula is C5H5FO3. The number of hydrogen-bond acceptors (Lipinski definition) is 3. The molecule has 0 aromatic carbocycles. The molecule has 2 atom stereocenters. The highest BCUT2D eigenvalue weighted by Crippen LogP contribution is 2.15. The third-order valence-corrected chi connectivity index (χ3v) is 1.14. The first-order valence-corrected chi connectivity index (χ1v) is 2.40. The summed E-state index contributed by atoms with van der Waals surface area (Å²) in [6.07, 6.45) is -2.27. The van der Waals surface area contributed by atoms with Crippen LogP contribution >= 0.6 is 0 Å². The number of halogens is 1. The van der Waals surface area contributed by atoms with E-state index in [1.165, 1.54) is 0 Å². The van der Waals surface area contributed by atoms with Crippen molar-refractivity contribution in [3.63, 3.8) is 0 Å². The van der Waals surface area contributed by atoms with Gasteiger partial charge >= 0.3 is 0 Å². The molecule has 1 aliphatic carbocycles. The van der Waals surface area contributed by atoms with Gasteiger partial charge < -0.3 is 10.2 Å². The van der Waals surface area contributed by atoms with Crippen LogP contribution in [0.1, 0.15) is 0 Å². The number of Topliss-reactive ketones (excluding diaryl/α,β-unsaturated/α-hetero) is 1. The van der Waals surface area contributed by atoms with E-state index in [0.717, 1.165) is 0 Å². The van der Waals surface area contributed by atoms with Gasteiger partial charge in [0.05, 0.1) is 0 Å². The first-order chi connectivity index (χ1) is 4.13. The van der Waals surface area contributed by atoms with E-state index < -0.39 is 23.8 Å². The van der Waals surface area contributed by atoms with E-state index in [1.807, 2.05) is 0 Å². The molecule has 3 nitrogen and oxygen atoms in total. The summed E-state index contributed by atoms with van der Waals surface area (Å²) in [6.45, 7) is 0. The van der Waals surface area contributed by atoms with Crippen LogP contribution in [0.2, 0.25) is 0 Å². The molecule has 0 fully saturated rings. The fourth-order valence-corrected chi connectivity index (χ4v) is 0.620. The van der Waals surface area contributed by atoms with Crippen molar-refractivity contribution in [2.75, 3.05) is 0 Å². The Morgan fingerprint density at radius 3 is 2.22 bits per heavy atom. The lowest BCUT2D eigenvalue weighted by molar-refractivity contribution is -0.126. The minimum Gasteiger partial charge on any atom is -0.386 e. The highest BCUT2D eigenvalue weighted by Gasteiger charge is 2.33. The first-order valence-electron chi connectivity index (χ1n) is 2.40. The van der Waals surface area contributed by atoms with Crippen molar-refractivity contribution in [3.05, 3.63) is 11.9 Å². The second-order valence-corrected chi connectivity index (χ2v) is 1.81. The highest BCUT2D eigenvalue weighted by atomic mass is 19.1. The molecule has 0 saturated heterocycles. The van der Waals surface area contributed by atoms with E-state index in [9.17, 15) is 9.18 Å². The number of carbonyl (C=O) groups excluding carboxylic acids is 1. The molecule has 4 heteroatoms. The maximum Gasteiger partial charge on any atom is 0.222 e. The van der Waals surface area contributed by atoms with Gasteiger partial charge in [-0.1, -0.05) is 0 Å². The molecule has 0 aromatic heterocycles. The van der Waals surface area contributed by atoms with Crippen molar-refractivity contribution in [2.24, 2.45) is 0 Å². The minimum atomic E-state index is -1.59. The van der Waals surface area contributed by atoms with Crippen molar-refractivity contribution in [3.8, 4) is 0 Å². The van der Waals surface area contributed by atoms with Crippen molar-refractivity contribution in [1.82, 2.24) is 0 Å². The fraction of sp³-hybridized carbons (Fsp3) is 0.400. The van der Waals surface area contributed by atoms with E-state index in [0.29, 0.717) is 6.08 Å². The monoisotopic (exact) mass is 132 g/mol. The Kier molecular flexibility index (Phi) is 1.34. The van der Waals surface area contributed by atoms with Crippen LogP contribution in [-0.2, 0) is 4.79 Å². The number of carbonyl (C=O) groups is 1. The van der Waals surface area contributed by atoms with E-state index in [4.69, 9.17) is 10.2 Å². The lowest BCUT2D eigenvalue weighted by Crippen LogP contribution is -2.26. The van der Waals surface area contributed by atoms with Crippen LogP contribution < -0.4 is 0 Å². The Bertz CT molecular complexity index is 175. The van der Waals surface area contributed by atoms with Gasteiger partial charge in [0.1, 0.15) is 12.2 Å². The number of hydrogen-bond donors (Lipinski definition) is 2. The van der Waals surface area contributed by atoms with Gasteiger partial charge in [0, 0.05) is 0 Å². The van der Waals surface area contributed by atoms with E-state index in [1.54, 1.807) is 0 Å². The van der Waals surface area contributed by atoms with Crippen LogP contribution in [0, 0.1) is 0 Å². The SMILES string of the molecule is O=C1C(F)=CC(O)C1O. The normalized spacial score (nSPS) is 35.0. The average molecular weight is 132 g/mol. The van der Waals surface area contributed by atoms with Crippen LogP contribution in [0.4, 0.5) is 4.39 Å². The van der Waals surface area contributed by atoms with Crippen molar-refractivity contribution < 1.29 is 19.4 Å². The molecule has 2 N–H and O–H groups in total. The summed E-state index contributed by atoms with van der Waals surface area (Å²) in [5.41, 5.74) is 0. The van der Waals surface area contributed by atoms with Crippen molar-refractivity contribution in [2.45, 2.75) is 12.2 Å². The van der Waals surface area contributed by atoms with Gasteiger partial charge in [0.15, 0.2) is 5.83 Å². The number of ketones is 1. The molecule has 0 bridgehead atoms. The highest BCUT2D eigenvalue weighted by molar-refractivity contribution is 5.99. The summed E-state index contributed by atoms with van der Waals surface area (Å²) in [5, 5.41) is 17.1. The Labute approximate surface area is 50.4 Å². The molecule has 0 spiro atoms. The van der Waals surface area contributed by atoms with Crippen LogP contribution in [0.15, 0.2) is 11.9 Å². The quantitative estimate of drug-likeness (QED) is 0.451. The summed E-state index contributed by atoms with van der Waals surface area (Å²) < 4.78 is 12.0. The summed E-state index contributed by atoms with van der Waals surface area (Å²) in [7, 11) is 0. The lowest BCUT2D eigenvalue weighted by atomic mass is 10.2. The van der Waals surface area contributed by atoms with Gasteiger partial charge in [-0.05, 0) is 6.08 Å². The molecular weight excluding hydrogens is 127 g/mol. The second-order valence-electron chi connectivity index (χ2n) is 1.81. The van der Waals surface area contributed by atoms with Gasteiger partial charge in [-0.2, -0.15) is 0 Å². The van der Waals surface area contributed by atoms with E-state index >= 15 is 0 Å². The predicted octanol–water partition coefficient (Wildman–Crippen LogP) is -0.856. The molecule has 0 radical (unpaired) electrons. The molecule has 50 valence electrons. The van der Waals surface area contributed by atoms with Crippen LogP contribution in [0.5, 0.6) is 0 Å². The topological polar surface area (TPSA) is 57.5 Å². The zero-order valence-electron chi connectivity index (χ0n) is 4.41. The maximum absolute atomic E-state index is 12.0. The smallest absolute Gasteiger partial charge is 0.222 e. The van der Waals surface area contributed by atoms with Gasteiger partial charge in [0.25, 0.3) is 0 Å².